The molecule has 0 aliphatic carbocycles. The summed E-state index contributed by atoms with van der Waals surface area (Å²) in [6, 6.07) is 16.2. The summed E-state index contributed by atoms with van der Waals surface area (Å²) in [4.78, 5) is 25.6. The topological polar surface area (TPSA) is 58.5 Å². The van der Waals surface area contributed by atoms with Crippen molar-refractivity contribution in [1.29, 1.82) is 0 Å². The molecule has 0 unspecified atom stereocenters. The first-order valence-electron chi connectivity index (χ1n) is 5.79. The molecule has 0 radical (unpaired) electrons. The summed E-state index contributed by atoms with van der Waals surface area (Å²) in [5, 5.41) is 2.81. The number of nitrogens with zero attached hydrogens (tertiary/aromatic N) is 1. The van der Waals surface area contributed by atoms with E-state index in [-0.39, 0.29) is 5.91 Å². The molecule has 1 amide bonds. The van der Waals surface area contributed by atoms with Crippen molar-refractivity contribution in [3.05, 3.63) is 65.7 Å². The van der Waals surface area contributed by atoms with Gasteiger partial charge in [0.15, 0.2) is 0 Å². The van der Waals surface area contributed by atoms with Crippen molar-refractivity contribution in [3.8, 4) is 0 Å². The lowest BCUT2D eigenvalue weighted by atomic mass is 10.1. The van der Waals surface area contributed by atoms with Gasteiger partial charge in [0.2, 0.25) is 6.08 Å². The lowest BCUT2D eigenvalue weighted by Crippen LogP contribution is -2.22. The molecule has 2 aromatic rings. The van der Waals surface area contributed by atoms with Gasteiger partial charge in [-0.05, 0) is 23.8 Å². The molecule has 4 nitrogen and oxygen atoms in total. The van der Waals surface area contributed by atoms with Crippen molar-refractivity contribution < 1.29 is 9.59 Å². The first kappa shape index (κ1) is 12.7. The number of carbonyl (C=O) groups excluding carboxylic acids is 2. The standard InChI is InChI=1S/C15H12N2O2/c18-11-17-14-8-4-7-13(9-14)15(19)16-10-12-5-2-1-3-6-12/h1-9H,10H2,(H,16,19). The molecule has 0 saturated heterocycles. The Labute approximate surface area is 110 Å². The van der Waals surface area contributed by atoms with E-state index in [1.807, 2.05) is 30.3 Å². The molecule has 0 atom stereocenters. The average molecular weight is 252 g/mol. The number of hydrogen-bond acceptors (Lipinski definition) is 3. The fourth-order valence-corrected chi connectivity index (χ4v) is 1.65. The van der Waals surface area contributed by atoms with Crippen LogP contribution in [0.1, 0.15) is 15.9 Å². The highest BCUT2D eigenvalue weighted by molar-refractivity contribution is 5.94. The molecule has 2 aromatic carbocycles. The molecule has 0 bridgehead atoms. The van der Waals surface area contributed by atoms with Gasteiger partial charge < -0.3 is 5.32 Å². The molecular weight excluding hydrogens is 240 g/mol. The second-order valence-electron chi connectivity index (χ2n) is 3.92. The summed E-state index contributed by atoms with van der Waals surface area (Å²) in [5.74, 6) is -0.202. The second-order valence-corrected chi connectivity index (χ2v) is 3.92. The monoisotopic (exact) mass is 252 g/mol. The molecule has 0 spiro atoms. The molecule has 0 fully saturated rings. The van der Waals surface area contributed by atoms with E-state index >= 15 is 0 Å². The highest BCUT2D eigenvalue weighted by Gasteiger charge is 2.05. The second kappa shape index (κ2) is 6.28. The zero-order chi connectivity index (χ0) is 13.5. The molecule has 0 aliphatic heterocycles. The Morgan fingerprint density at radius 3 is 2.63 bits per heavy atom. The SMILES string of the molecule is O=C=Nc1cccc(C(=O)NCc2ccccc2)c1. The average Bonchev–Trinajstić information content (AvgIpc) is 2.46. The van der Waals surface area contributed by atoms with E-state index in [1.54, 1.807) is 24.3 Å². The van der Waals surface area contributed by atoms with E-state index in [0.717, 1.165) is 5.56 Å². The third kappa shape index (κ3) is 3.63. The summed E-state index contributed by atoms with van der Waals surface area (Å²) in [5.41, 5.74) is 1.91. The van der Waals surface area contributed by atoms with Crippen molar-refractivity contribution in [2.45, 2.75) is 6.54 Å². The summed E-state index contributed by atoms with van der Waals surface area (Å²) in [6.45, 7) is 0.459. The number of hydrogen-bond donors (Lipinski definition) is 1. The van der Waals surface area contributed by atoms with Crippen LogP contribution < -0.4 is 5.32 Å². The number of benzene rings is 2. The summed E-state index contributed by atoms with van der Waals surface area (Å²) in [6.07, 6.45) is 1.45. The highest BCUT2D eigenvalue weighted by Crippen LogP contribution is 2.13. The van der Waals surface area contributed by atoms with Crippen LogP contribution in [0.3, 0.4) is 0 Å². The molecular formula is C15H12N2O2. The van der Waals surface area contributed by atoms with Crippen molar-refractivity contribution in [1.82, 2.24) is 5.32 Å². The zero-order valence-corrected chi connectivity index (χ0v) is 10.2. The third-order valence-electron chi connectivity index (χ3n) is 2.58. The van der Waals surface area contributed by atoms with Gasteiger partial charge in [-0.3, -0.25) is 4.79 Å². The number of rotatable bonds is 4. The Hall–Kier alpha value is -2.71. The van der Waals surface area contributed by atoms with Crippen LogP contribution in [-0.4, -0.2) is 12.0 Å². The number of carbonyl (C=O) groups is 1. The number of nitrogens with one attached hydrogen (secondary N) is 1. The lowest BCUT2D eigenvalue weighted by Gasteiger charge is -2.05. The maximum absolute atomic E-state index is 11.9. The fraction of sp³-hybridized carbons (Fsp3) is 0.0667. The van der Waals surface area contributed by atoms with Crippen LogP contribution in [-0.2, 0) is 11.3 Å². The third-order valence-corrected chi connectivity index (χ3v) is 2.58. The predicted octanol–water partition coefficient (Wildman–Crippen LogP) is 2.58. The lowest BCUT2D eigenvalue weighted by molar-refractivity contribution is 0.0951. The van der Waals surface area contributed by atoms with E-state index in [9.17, 15) is 9.59 Å². The Balaban J connectivity index is 2.04. The first-order valence-corrected chi connectivity index (χ1v) is 5.79. The van der Waals surface area contributed by atoms with Gasteiger partial charge in [-0.15, -0.1) is 0 Å². The minimum atomic E-state index is -0.202. The quantitative estimate of drug-likeness (QED) is 0.671. The van der Waals surface area contributed by atoms with Gasteiger partial charge in [-0.25, -0.2) is 4.79 Å². The van der Waals surface area contributed by atoms with Crippen LogP contribution in [0.2, 0.25) is 0 Å². The number of isocyanates is 1. The molecule has 94 valence electrons. The fourth-order valence-electron chi connectivity index (χ4n) is 1.65. The number of aliphatic imine (C=N–C) groups is 1. The van der Waals surface area contributed by atoms with E-state index in [4.69, 9.17) is 0 Å². The van der Waals surface area contributed by atoms with Crippen LogP contribution in [0.5, 0.6) is 0 Å². The van der Waals surface area contributed by atoms with Gasteiger partial charge in [0.05, 0.1) is 5.69 Å². The smallest absolute Gasteiger partial charge is 0.251 e. The van der Waals surface area contributed by atoms with Gasteiger partial charge in [-0.2, -0.15) is 4.99 Å². The van der Waals surface area contributed by atoms with E-state index in [2.05, 4.69) is 10.3 Å². The molecule has 0 aliphatic rings. The summed E-state index contributed by atoms with van der Waals surface area (Å²) >= 11 is 0. The van der Waals surface area contributed by atoms with Gasteiger partial charge in [0, 0.05) is 12.1 Å². The van der Waals surface area contributed by atoms with E-state index in [1.165, 1.54) is 6.08 Å². The van der Waals surface area contributed by atoms with Crippen LogP contribution in [0.25, 0.3) is 0 Å². The van der Waals surface area contributed by atoms with Crippen molar-refractivity contribution in [3.63, 3.8) is 0 Å². The minimum Gasteiger partial charge on any atom is -0.348 e. The molecule has 0 aromatic heterocycles. The first-order chi connectivity index (χ1) is 9.29. The van der Waals surface area contributed by atoms with Crippen LogP contribution in [0.4, 0.5) is 5.69 Å². The molecule has 1 N–H and O–H groups in total. The van der Waals surface area contributed by atoms with Gasteiger partial charge >= 0.3 is 0 Å². The van der Waals surface area contributed by atoms with Crippen LogP contribution in [0.15, 0.2) is 59.6 Å². The number of amides is 1. The van der Waals surface area contributed by atoms with E-state index < -0.39 is 0 Å². The van der Waals surface area contributed by atoms with Crippen LogP contribution in [0, 0.1) is 0 Å². The Bertz CT molecular complexity index is 617. The van der Waals surface area contributed by atoms with Gasteiger partial charge in [-0.1, -0.05) is 36.4 Å². The van der Waals surface area contributed by atoms with Crippen molar-refractivity contribution >= 4 is 17.7 Å². The summed E-state index contributed by atoms with van der Waals surface area (Å²) in [7, 11) is 0. The predicted molar refractivity (Wildman–Crippen MR) is 71.8 cm³/mol. The zero-order valence-electron chi connectivity index (χ0n) is 10.2. The largest absolute Gasteiger partial charge is 0.348 e. The molecule has 2 rings (SSSR count). The summed E-state index contributed by atoms with van der Waals surface area (Å²) < 4.78 is 0. The minimum absolute atomic E-state index is 0.202. The highest BCUT2D eigenvalue weighted by atomic mass is 16.1. The van der Waals surface area contributed by atoms with E-state index in [0.29, 0.717) is 17.8 Å². The maximum atomic E-state index is 11.9. The normalized spacial score (nSPS) is 9.47. The Morgan fingerprint density at radius 2 is 1.89 bits per heavy atom. The molecule has 19 heavy (non-hydrogen) atoms. The Kier molecular flexibility index (Phi) is 4.21. The van der Waals surface area contributed by atoms with Gasteiger partial charge in [0.25, 0.3) is 5.91 Å². The van der Waals surface area contributed by atoms with Crippen molar-refractivity contribution in [2.24, 2.45) is 4.99 Å². The van der Waals surface area contributed by atoms with Gasteiger partial charge in [0.1, 0.15) is 0 Å². The molecule has 0 saturated carbocycles. The van der Waals surface area contributed by atoms with Crippen LogP contribution >= 0.6 is 0 Å². The maximum Gasteiger partial charge on any atom is 0.251 e. The van der Waals surface area contributed by atoms with Crippen molar-refractivity contribution in [2.75, 3.05) is 0 Å². The molecule has 4 heteroatoms. The Morgan fingerprint density at radius 1 is 1.11 bits per heavy atom. The molecule has 0 heterocycles.